The summed E-state index contributed by atoms with van der Waals surface area (Å²) in [4.78, 5) is 0. The first-order valence-corrected chi connectivity index (χ1v) is 6.38. The summed E-state index contributed by atoms with van der Waals surface area (Å²) < 4.78 is 1.88. The molecule has 0 saturated carbocycles. The normalized spacial score (nSPS) is 11.2. The van der Waals surface area contributed by atoms with Gasteiger partial charge in [0, 0.05) is 12.8 Å². The summed E-state index contributed by atoms with van der Waals surface area (Å²) in [5.74, 6) is 0.545. The van der Waals surface area contributed by atoms with Crippen molar-refractivity contribution in [2.45, 2.75) is 33.1 Å². The number of aliphatic hydroxyl groups excluding tert-OH is 1. The number of hydrogen-bond acceptors (Lipinski definition) is 2. The van der Waals surface area contributed by atoms with Gasteiger partial charge in [-0.2, -0.15) is 5.10 Å². The van der Waals surface area contributed by atoms with Crippen LogP contribution in [0.1, 0.15) is 36.6 Å². The van der Waals surface area contributed by atoms with E-state index in [1.807, 2.05) is 17.8 Å². The molecule has 0 saturated heterocycles. The summed E-state index contributed by atoms with van der Waals surface area (Å²) in [6, 6.07) is 8.46. The lowest BCUT2D eigenvalue weighted by Crippen LogP contribution is -1.96. The zero-order chi connectivity index (χ0) is 13.1. The average molecular weight is 244 g/mol. The summed E-state index contributed by atoms with van der Waals surface area (Å²) in [6.45, 7) is 6.52. The molecule has 3 nitrogen and oxygen atoms in total. The predicted octanol–water partition coefficient (Wildman–Crippen LogP) is 2.84. The molecule has 0 aliphatic heterocycles. The van der Waals surface area contributed by atoms with E-state index in [-0.39, 0.29) is 6.61 Å². The van der Waals surface area contributed by atoms with Gasteiger partial charge in [-0.1, -0.05) is 26.0 Å². The zero-order valence-corrected chi connectivity index (χ0v) is 11.2. The van der Waals surface area contributed by atoms with Gasteiger partial charge in [0.1, 0.15) is 0 Å². The van der Waals surface area contributed by atoms with Crippen LogP contribution in [0.25, 0.3) is 5.69 Å². The number of aliphatic hydroxyl groups is 1. The predicted molar refractivity (Wildman–Crippen MR) is 73.2 cm³/mol. The van der Waals surface area contributed by atoms with Crippen LogP contribution < -0.4 is 0 Å². The Kier molecular flexibility index (Phi) is 3.82. The monoisotopic (exact) mass is 244 g/mol. The smallest absolute Gasteiger partial charge is 0.0645 e. The van der Waals surface area contributed by atoms with E-state index in [2.05, 4.69) is 43.2 Å². The molecule has 1 aromatic heterocycles. The Morgan fingerprint density at radius 1 is 1.22 bits per heavy atom. The molecule has 0 atom stereocenters. The molecule has 96 valence electrons. The second-order valence-corrected chi connectivity index (χ2v) is 4.90. The number of hydrogen-bond donors (Lipinski definition) is 1. The van der Waals surface area contributed by atoms with Crippen LogP contribution in [-0.2, 0) is 6.42 Å². The lowest BCUT2D eigenvalue weighted by molar-refractivity contribution is 0.299. The highest BCUT2D eigenvalue weighted by atomic mass is 16.2. The largest absolute Gasteiger partial charge is 0.396 e. The van der Waals surface area contributed by atoms with Gasteiger partial charge in [-0.15, -0.1) is 0 Å². The fraction of sp³-hybridized carbons (Fsp3) is 0.400. The molecular weight excluding hydrogens is 224 g/mol. The third-order valence-electron chi connectivity index (χ3n) is 3.21. The Morgan fingerprint density at radius 2 is 1.89 bits per heavy atom. The second kappa shape index (κ2) is 5.36. The van der Waals surface area contributed by atoms with Crippen molar-refractivity contribution >= 4 is 0 Å². The van der Waals surface area contributed by atoms with Crippen molar-refractivity contribution < 1.29 is 5.11 Å². The van der Waals surface area contributed by atoms with Gasteiger partial charge in [-0.25, -0.2) is 4.68 Å². The van der Waals surface area contributed by atoms with Crippen LogP contribution in [0.5, 0.6) is 0 Å². The van der Waals surface area contributed by atoms with E-state index in [9.17, 15) is 0 Å². The first-order valence-electron chi connectivity index (χ1n) is 6.38. The molecule has 0 aliphatic rings. The molecule has 0 radical (unpaired) electrons. The first-order chi connectivity index (χ1) is 8.61. The minimum atomic E-state index is 0.165. The number of aryl methyl sites for hydroxylation is 1. The van der Waals surface area contributed by atoms with Gasteiger partial charge in [0.2, 0.25) is 0 Å². The van der Waals surface area contributed by atoms with Crippen LogP contribution in [-0.4, -0.2) is 21.5 Å². The maximum absolute atomic E-state index is 8.98. The molecule has 3 heteroatoms. The van der Waals surface area contributed by atoms with Crippen LogP contribution >= 0.6 is 0 Å². The molecule has 0 amide bonds. The maximum Gasteiger partial charge on any atom is 0.0645 e. The molecule has 2 aromatic rings. The fourth-order valence-corrected chi connectivity index (χ4v) is 2.01. The van der Waals surface area contributed by atoms with E-state index in [0.29, 0.717) is 12.3 Å². The molecule has 0 fully saturated rings. The van der Waals surface area contributed by atoms with Gasteiger partial charge >= 0.3 is 0 Å². The van der Waals surface area contributed by atoms with E-state index in [0.717, 1.165) is 16.9 Å². The molecule has 1 heterocycles. The highest BCUT2D eigenvalue weighted by Crippen LogP contribution is 2.17. The number of rotatable bonds is 4. The first kappa shape index (κ1) is 12.8. The van der Waals surface area contributed by atoms with E-state index < -0.39 is 0 Å². The standard InChI is InChI=1S/C15H20N2O/c1-11(2)13-4-6-15(7-5-13)17-10-14(8-9-18)12(3)16-17/h4-7,10-11,18H,8-9H2,1-3H3. The van der Waals surface area contributed by atoms with Crippen LogP contribution in [0.3, 0.4) is 0 Å². The number of nitrogens with zero attached hydrogens (tertiary/aromatic N) is 2. The van der Waals surface area contributed by atoms with E-state index in [1.165, 1.54) is 5.56 Å². The molecule has 0 unspecified atom stereocenters. The van der Waals surface area contributed by atoms with Crippen molar-refractivity contribution in [3.63, 3.8) is 0 Å². The summed E-state index contributed by atoms with van der Waals surface area (Å²) in [6.07, 6.45) is 2.66. The molecule has 18 heavy (non-hydrogen) atoms. The summed E-state index contributed by atoms with van der Waals surface area (Å²) in [5, 5.41) is 13.5. The third-order valence-corrected chi connectivity index (χ3v) is 3.21. The van der Waals surface area contributed by atoms with E-state index in [4.69, 9.17) is 5.11 Å². The molecule has 1 N–H and O–H groups in total. The van der Waals surface area contributed by atoms with E-state index >= 15 is 0 Å². The van der Waals surface area contributed by atoms with Crippen molar-refractivity contribution in [2.75, 3.05) is 6.61 Å². The maximum atomic E-state index is 8.98. The van der Waals surface area contributed by atoms with Gasteiger partial charge in [0.25, 0.3) is 0 Å². The lowest BCUT2D eigenvalue weighted by Gasteiger charge is -2.06. The Hall–Kier alpha value is -1.61. The molecular formula is C15H20N2O. The molecule has 2 rings (SSSR count). The van der Waals surface area contributed by atoms with Crippen LogP contribution in [0, 0.1) is 6.92 Å². The van der Waals surface area contributed by atoms with Crippen molar-refractivity contribution in [1.29, 1.82) is 0 Å². The van der Waals surface area contributed by atoms with Crippen LogP contribution in [0.15, 0.2) is 30.5 Å². The zero-order valence-electron chi connectivity index (χ0n) is 11.2. The quantitative estimate of drug-likeness (QED) is 0.898. The van der Waals surface area contributed by atoms with Crippen molar-refractivity contribution in [1.82, 2.24) is 9.78 Å². The Bertz CT molecular complexity index is 512. The number of benzene rings is 1. The minimum Gasteiger partial charge on any atom is -0.396 e. The SMILES string of the molecule is Cc1nn(-c2ccc(C(C)C)cc2)cc1CCO. The third kappa shape index (κ3) is 2.62. The fourth-order valence-electron chi connectivity index (χ4n) is 2.01. The van der Waals surface area contributed by atoms with Crippen molar-refractivity contribution in [3.8, 4) is 5.69 Å². The molecule has 1 aromatic carbocycles. The van der Waals surface area contributed by atoms with E-state index in [1.54, 1.807) is 0 Å². The van der Waals surface area contributed by atoms with Gasteiger partial charge in [0.05, 0.1) is 11.4 Å². The topological polar surface area (TPSA) is 38.0 Å². The highest BCUT2D eigenvalue weighted by Gasteiger charge is 2.06. The average Bonchev–Trinajstić information content (AvgIpc) is 2.72. The second-order valence-electron chi connectivity index (χ2n) is 4.90. The summed E-state index contributed by atoms with van der Waals surface area (Å²) in [7, 11) is 0. The van der Waals surface area contributed by atoms with Gasteiger partial charge in [-0.05, 0) is 42.5 Å². The lowest BCUT2D eigenvalue weighted by atomic mass is 10.0. The Labute approximate surface area is 108 Å². The Balaban J connectivity index is 2.28. The molecule has 0 spiro atoms. The number of aromatic nitrogens is 2. The minimum absolute atomic E-state index is 0.165. The van der Waals surface area contributed by atoms with Gasteiger partial charge < -0.3 is 5.11 Å². The molecule has 0 aliphatic carbocycles. The van der Waals surface area contributed by atoms with Crippen LogP contribution in [0.2, 0.25) is 0 Å². The van der Waals surface area contributed by atoms with Gasteiger partial charge in [-0.3, -0.25) is 0 Å². The summed E-state index contributed by atoms with van der Waals surface area (Å²) >= 11 is 0. The van der Waals surface area contributed by atoms with Crippen molar-refractivity contribution in [2.24, 2.45) is 0 Å². The highest BCUT2D eigenvalue weighted by molar-refractivity contribution is 5.36. The van der Waals surface area contributed by atoms with Crippen molar-refractivity contribution in [3.05, 3.63) is 47.3 Å². The Morgan fingerprint density at radius 3 is 2.44 bits per heavy atom. The van der Waals surface area contributed by atoms with Gasteiger partial charge in [0.15, 0.2) is 0 Å². The summed E-state index contributed by atoms with van der Waals surface area (Å²) in [5.41, 5.74) is 4.48. The molecule has 0 bridgehead atoms. The van der Waals surface area contributed by atoms with Crippen LogP contribution in [0.4, 0.5) is 0 Å².